The summed E-state index contributed by atoms with van der Waals surface area (Å²) in [4.78, 5) is 11.7. The zero-order chi connectivity index (χ0) is 12.5. The van der Waals surface area contributed by atoms with Gasteiger partial charge in [-0.1, -0.05) is 44.4 Å². The minimum atomic E-state index is 0.0215. The Hall–Kier alpha value is -1.13. The molecule has 96 valence electrons. The standard InChI is InChI=1S/C13H23N3O/c1-2-3-4-5-10-15-13(17)11-6-8-12(16-14)9-7-11/h6-8,12,16H,2-5,9-10,14H2,1H3,(H,15,17). The van der Waals surface area contributed by atoms with Gasteiger partial charge in [-0.3, -0.25) is 16.1 Å². The lowest BCUT2D eigenvalue weighted by Gasteiger charge is -2.14. The maximum Gasteiger partial charge on any atom is 0.250 e. The molecule has 17 heavy (non-hydrogen) atoms. The molecule has 1 atom stereocenters. The fraction of sp³-hybridized carbons (Fsp3) is 0.615. The molecule has 1 unspecified atom stereocenters. The molecular weight excluding hydrogens is 214 g/mol. The number of rotatable bonds is 7. The van der Waals surface area contributed by atoms with E-state index in [4.69, 9.17) is 5.84 Å². The van der Waals surface area contributed by atoms with Crippen LogP contribution in [0.5, 0.6) is 0 Å². The molecule has 0 aromatic carbocycles. The second kappa shape index (κ2) is 8.03. The van der Waals surface area contributed by atoms with E-state index in [2.05, 4.69) is 17.7 Å². The average Bonchev–Trinajstić information content (AvgIpc) is 2.38. The van der Waals surface area contributed by atoms with Crippen molar-refractivity contribution in [3.63, 3.8) is 0 Å². The summed E-state index contributed by atoms with van der Waals surface area (Å²) in [6, 6.07) is 0.149. The van der Waals surface area contributed by atoms with Crippen LogP contribution in [-0.4, -0.2) is 18.5 Å². The number of hydrogen-bond donors (Lipinski definition) is 3. The topological polar surface area (TPSA) is 67.2 Å². The van der Waals surface area contributed by atoms with Gasteiger partial charge in [-0.05, 0) is 12.8 Å². The highest BCUT2D eigenvalue weighted by atomic mass is 16.1. The van der Waals surface area contributed by atoms with E-state index in [0.29, 0.717) is 0 Å². The molecule has 1 aliphatic rings. The van der Waals surface area contributed by atoms with Crippen molar-refractivity contribution in [2.75, 3.05) is 6.54 Å². The number of amides is 1. The van der Waals surface area contributed by atoms with E-state index < -0.39 is 0 Å². The van der Waals surface area contributed by atoms with Crippen molar-refractivity contribution in [1.29, 1.82) is 0 Å². The van der Waals surface area contributed by atoms with Crippen molar-refractivity contribution >= 4 is 5.91 Å². The molecule has 0 aliphatic heterocycles. The van der Waals surface area contributed by atoms with Crippen LogP contribution in [0.25, 0.3) is 0 Å². The number of nitrogens with two attached hydrogens (primary N) is 1. The first-order valence-electron chi connectivity index (χ1n) is 6.40. The van der Waals surface area contributed by atoms with Crippen LogP contribution in [0.3, 0.4) is 0 Å². The predicted molar refractivity (Wildman–Crippen MR) is 70.1 cm³/mol. The van der Waals surface area contributed by atoms with Gasteiger partial charge < -0.3 is 5.32 Å². The predicted octanol–water partition coefficient (Wildman–Crippen LogP) is 1.40. The SMILES string of the molecule is CCCCCCNC(=O)C1=CCC(NN)C=C1. The lowest BCUT2D eigenvalue weighted by atomic mass is 10.0. The summed E-state index contributed by atoms with van der Waals surface area (Å²) < 4.78 is 0. The summed E-state index contributed by atoms with van der Waals surface area (Å²) in [5.74, 6) is 5.34. The highest BCUT2D eigenvalue weighted by Crippen LogP contribution is 2.10. The summed E-state index contributed by atoms with van der Waals surface area (Å²) in [5, 5.41) is 2.93. The van der Waals surface area contributed by atoms with Crippen molar-refractivity contribution in [1.82, 2.24) is 10.7 Å². The number of nitrogens with one attached hydrogen (secondary N) is 2. The van der Waals surface area contributed by atoms with E-state index in [1.54, 1.807) is 0 Å². The zero-order valence-corrected chi connectivity index (χ0v) is 10.5. The van der Waals surface area contributed by atoms with E-state index in [1.807, 2.05) is 18.2 Å². The molecule has 0 bridgehead atoms. The third-order valence-electron chi connectivity index (χ3n) is 2.89. The molecule has 0 aromatic rings. The molecule has 4 heteroatoms. The van der Waals surface area contributed by atoms with Crippen LogP contribution in [0.15, 0.2) is 23.8 Å². The van der Waals surface area contributed by atoms with Gasteiger partial charge in [0, 0.05) is 18.2 Å². The van der Waals surface area contributed by atoms with Gasteiger partial charge in [0.1, 0.15) is 0 Å². The summed E-state index contributed by atoms with van der Waals surface area (Å²) in [7, 11) is 0. The Kier molecular flexibility index (Phi) is 6.58. The third kappa shape index (κ3) is 5.15. The molecule has 0 saturated carbocycles. The second-order valence-corrected chi connectivity index (χ2v) is 4.34. The van der Waals surface area contributed by atoms with Crippen molar-refractivity contribution in [3.8, 4) is 0 Å². The van der Waals surface area contributed by atoms with Crippen molar-refractivity contribution in [2.45, 2.75) is 45.1 Å². The molecule has 4 nitrogen and oxygen atoms in total. The number of hydrazine groups is 1. The van der Waals surface area contributed by atoms with Gasteiger partial charge in [-0.2, -0.15) is 0 Å². The minimum Gasteiger partial charge on any atom is -0.352 e. The van der Waals surface area contributed by atoms with Crippen LogP contribution in [0, 0.1) is 0 Å². The molecule has 0 spiro atoms. The quantitative estimate of drug-likeness (QED) is 0.356. The maximum absolute atomic E-state index is 11.7. The van der Waals surface area contributed by atoms with Gasteiger partial charge in [-0.15, -0.1) is 0 Å². The smallest absolute Gasteiger partial charge is 0.250 e. The van der Waals surface area contributed by atoms with Crippen LogP contribution in [-0.2, 0) is 4.79 Å². The van der Waals surface area contributed by atoms with E-state index in [0.717, 1.165) is 25.0 Å². The molecule has 0 saturated heterocycles. The minimum absolute atomic E-state index is 0.0215. The van der Waals surface area contributed by atoms with E-state index in [9.17, 15) is 4.79 Å². The Morgan fingerprint density at radius 3 is 2.88 bits per heavy atom. The number of unbranched alkanes of at least 4 members (excludes halogenated alkanes) is 3. The summed E-state index contributed by atoms with van der Waals surface area (Å²) >= 11 is 0. The molecule has 0 heterocycles. The fourth-order valence-corrected chi connectivity index (χ4v) is 1.77. The normalized spacial score (nSPS) is 18.9. The Bertz CT molecular complexity index is 297. The van der Waals surface area contributed by atoms with E-state index >= 15 is 0 Å². The van der Waals surface area contributed by atoms with Gasteiger partial charge in [0.15, 0.2) is 0 Å². The average molecular weight is 237 g/mol. The number of carbonyl (C=O) groups excluding carboxylic acids is 1. The molecule has 1 aliphatic carbocycles. The van der Waals surface area contributed by atoms with Gasteiger partial charge in [0.25, 0.3) is 5.91 Å². The molecule has 4 N–H and O–H groups in total. The Labute approximate surface area is 103 Å². The van der Waals surface area contributed by atoms with Crippen LogP contribution < -0.4 is 16.6 Å². The van der Waals surface area contributed by atoms with Crippen LogP contribution in [0.2, 0.25) is 0 Å². The van der Waals surface area contributed by atoms with E-state index in [-0.39, 0.29) is 11.9 Å². The molecule has 1 amide bonds. The summed E-state index contributed by atoms with van der Waals surface area (Å²) in [6.07, 6.45) is 11.1. The monoisotopic (exact) mass is 237 g/mol. The molecule has 1 rings (SSSR count). The first kappa shape index (κ1) is 13.9. The van der Waals surface area contributed by atoms with Crippen LogP contribution in [0.1, 0.15) is 39.0 Å². The van der Waals surface area contributed by atoms with Crippen LogP contribution >= 0.6 is 0 Å². The largest absolute Gasteiger partial charge is 0.352 e. The Morgan fingerprint density at radius 2 is 2.29 bits per heavy atom. The third-order valence-corrected chi connectivity index (χ3v) is 2.89. The second-order valence-electron chi connectivity index (χ2n) is 4.34. The summed E-state index contributed by atoms with van der Waals surface area (Å²) in [6.45, 7) is 2.95. The first-order chi connectivity index (χ1) is 8.27. The number of hydrogen-bond acceptors (Lipinski definition) is 3. The molecular formula is C13H23N3O. The maximum atomic E-state index is 11.7. The lowest BCUT2D eigenvalue weighted by Crippen LogP contribution is -2.35. The van der Waals surface area contributed by atoms with Gasteiger partial charge in [-0.25, -0.2) is 0 Å². The molecule has 0 fully saturated rings. The summed E-state index contributed by atoms with van der Waals surface area (Å²) in [5.41, 5.74) is 3.41. The van der Waals surface area contributed by atoms with Crippen molar-refractivity contribution < 1.29 is 4.79 Å². The fourth-order valence-electron chi connectivity index (χ4n) is 1.77. The highest BCUT2D eigenvalue weighted by molar-refractivity contribution is 5.96. The van der Waals surface area contributed by atoms with Crippen LogP contribution in [0.4, 0.5) is 0 Å². The van der Waals surface area contributed by atoms with Crippen molar-refractivity contribution in [2.24, 2.45) is 5.84 Å². The van der Waals surface area contributed by atoms with Gasteiger partial charge in [0.05, 0.1) is 0 Å². The highest BCUT2D eigenvalue weighted by Gasteiger charge is 2.11. The van der Waals surface area contributed by atoms with Crippen molar-refractivity contribution in [3.05, 3.63) is 23.8 Å². The number of carbonyl (C=O) groups is 1. The lowest BCUT2D eigenvalue weighted by molar-refractivity contribution is -0.117. The molecule has 0 aromatic heterocycles. The Balaban J connectivity index is 2.21. The first-order valence-corrected chi connectivity index (χ1v) is 6.40. The molecule has 0 radical (unpaired) electrons. The van der Waals surface area contributed by atoms with E-state index in [1.165, 1.54) is 19.3 Å². The van der Waals surface area contributed by atoms with Gasteiger partial charge in [0.2, 0.25) is 0 Å². The van der Waals surface area contributed by atoms with Gasteiger partial charge >= 0.3 is 0 Å². The Morgan fingerprint density at radius 1 is 1.47 bits per heavy atom. The zero-order valence-electron chi connectivity index (χ0n) is 10.5.